The molecule has 0 aromatic carbocycles. The van der Waals surface area contributed by atoms with Crippen LogP contribution in [0.4, 0.5) is 0 Å². The van der Waals surface area contributed by atoms with Crippen molar-refractivity contribution < 1.29 is 14.4 Å². The Bertz CT molecular complexity index is 552. The molecule has 1 fully saturated rings. The van der Waals surface area contributed by atoms with Crippen LogP contribution in [0.15, 0.2) is 12.1 Å². The summed E-state index contributed by atoms with van der Waals surface area (Å²) in [5.41, 5.74) is 1.82. The standard InChI is InChI=1S/C15H23N2O3P/c18-21(19,20)15-7-6-12-10-16-13(9-14(12)17-15)8-11-4-2-1-3-5-11/h6-7,11,13,16H,1-5,8-10H2,(H2,18,19,20). The van der Waals surface area contributed by atoms with Crippen LogP contribution in [0.2, 0.25) is 0 Å². The van der Waals surface area contributed by atoms with Crippen molar-refractivity contribution in [1.82, 2.24) is 10.3 Å². The third-order valence-electron chi connectivity index (χ3n) is 4.72. The largest absolute Gasteiger partial charge is 0.374 e. The van der Waals surface area contributed by atoms with E-state index >= 15 is 0 Å². The number of fused-ring (bicyclic) bond motifs is 1. The molecule has 1 aliphatic carbocycles. The fourth-order valence-electron chi connectivity index (χ4n) is 3.57. The summed E-state index contributed by atoms with van der Waals surface area (Å²) in [6.45, 7) is 0.751. The highest BCUT2D eigenvalue weighted by molar-refractivity contribution is 7.60. The van der Waals surface area contributed by atoms with Gasteiger partial charge < -0.3 is 15.1 Å². The lowest BCUT2D eigenvalue weighted by molar-refractivity contribution is 0.289. The normalized spacial score (nSPS) is 23.8. The second-order valence-corrected chi connectivity index (χ2v) is 7.89. The Hall–Kier alpha value is -0.740. The van der Waals surface area contributed by atoms with Gasteiger partial charge in [0.05, 0.1) is 0 Å². The van der Waals surface area contributed by atoms with Gasteiger partial charge in [-0.3, -0.25) is 4.57 Å². The van der Waals surface area contributed by atoms with Crippen LogP contribution in [0.3, 0.4) is 0 Å². The molecule has 5 nitrogen and oxygen atoms in total. The molecule has 1 atom stereocenters. The van der Waals surface area contributed by atoms with Crippen molar-refractivity contribution >= 4 is 13.0 Å². The quantitative estimate of drug-likeness (QED) is 0.743. The van der Waals surface area contributed by atoms with Crippen molar-refractivity contribution in [2.45, 2.75) is 57.5 Å². The maximum Gasteiger partial charge on any atom is 0.374 e. The summed E-state index contributed by atoms with van der Waals surface area (Å²) in [6, 6.07) is 3.63. The lowest BCUT2D eigenvalue weighted by Gasteiger charge is -2.30. The monoisotopic (exact) mass is 310 g/mol. The van der Waals surface area contributed by atoms with E-state index in [-0.39, 0.29) is 5.44 Å². The van der Waals surface area contributed by atoms with Crippen LogP contribution < -0.4 is 10.8 Å². The highest BCUT2D eigenvalue weighted by Crippen LogP contribution is 2.33. The molecule has 2 aliphatic rings. The number of nitrogens with zero attached hydrogens (tertiary/aromatic N) is 1. The molecule has 0 amide bonds. The van der Waals surface area contributed by atoms with E-state index < -0.39 is 7.60 Å². The molecule has 21 heavy (non-hydrogen) atoms. The average Bonchev–Trinajstić information content (AvgIpc) is 2.46. The van der Waals surface area contributed by atoms with Crippen LogP contribution in [-0.4, -0.2) is 20.8 Å². The van der Waals surface area contributed by atoms with Crippen molar-refractivity contribution in [1.29, 1.82) is 0 Å². The molecule has 0 spiro atoms. The van der Waals surface area contributed by atoms with Crippen LogP contribution in [-0.2, 0) is 17.5 Å². The first-order chi connectivity index (χ1) is 10.0. The molecule has 1 saturated carbocycles. The Labute approximate surface area is 125 Å². The first-order valence-electron chi connectivity index (χ1n) is 7.80. The SMILES string of the molecule is O=P(O)(O)c1ccc2c(n1)CC(CC1CCCCC1)NC2. The summed E-state index contributed by atoms with van der Waals surface area (Å²) in [6.07, 6.45) is 8.62. The number of pyridine rings is 1. The van der Waals surface area contributed by atoms with E-state index in [1.807, 2.05) is 0 Å². The van der Waals surface area contributed by atoms with Crippen LogP contribution >= 0.6 is 7.60 Å². The lowest BCUT2D eigenvalue weighted by Crippen LogP contribution is -2.38. The van der Waals surface area contributed by atoms with Crippen LogP contribution in [0.25, 0.3) is 0 Å². The maximum absolute atomic E-state index is 11.3. The van der Waals surface area contributed by atoms with Crippen molar-refractivity contribution in [3.8, 4) is 0 Å². The zero-order valence-electron chi connectivity index (χ0n) is 12.2. The van der Waals surface area contributed by atoms with Crippen molar-refractivity contribution in [3.05, 3.63) is 23.4 Å². The van der Waals surface area contributed by atoms with Gasteiger partial charge in [-0.2, -0.15) is 0 Å². The Morgan fingerprint density at radius 1 is 1.24 bits per heavy atom. The number of aromatic nitrogens is 1. The fourth-order valence-corrected chi connectivity index (χ4v) is 4.09. The molecule has 116 valence electrons. The van der Waals surface area contributed by atoms with Gasteiger partial charge in [-0.1, -0.05) is 38.2 Å². The smallest absolute Gasteiger partial charge is 0.320 e. The minimum atomic E-state index is -4.25. The summed E-state index contributed by atoms with van der Waals surface area (Å²) in [7, 11) is -4.25. The lowest BCUT2D eigenvalue weighted by atomic mass is 9.83. The molecule has 1 aromatic rings. The van der Waals surface area contributed by atoms with Gasteiger partial charge in [0.15, 0.2) is 5.44 Å². The minimum absolute atomic E-state index is 0.0976. The molecule has 1 aromatic heterocycles. The molecular formula is C15H23N2O3P. The zero-order chi connectivity index (χ0) is 14.9. The van der Waals surface area contributed by atoms with Crippen molar-refractivity contribution in [2.24, 2.45) is 5.92 Å². The summed E-state index contributed by atoms with van der Waals surface area (Å²) in [5.74, 6) is 0.794. The second-order valence-electron chi connectivity index (χ2n) is 6.34. The van der Waals surface area contributed by atoms with Gasteiger partial charge >= 0.3 is 7.60 Å². The number of nitrogens with one attached hydrogen (secondary N) is 1. The molecular weight excluding hydrogens is 287 g/mol. The zero-order valence-corrected chi connectivity index (χ0v) is 13.1. The van der Waals surface area contributed by atoms with E-state index in [9.17, 15) is 14.4 Å². The molecule has 0 radical (unpaired) electrons. The van der Waals surface area contributed by atoms with E-state index in [1.54, 1.807) is 6.07 Å². The van der Waals surface area contributed by atoms with Crippen LogP contribution in [0.5, 0.6) is 0 Å². The van der Waals surface area contributed by atoms with Crippen LogP contribution in [0.1, 0.15) is 49.8 Å². The predicted molar refractivity (Wildman–Crippen MR) is 81.4 cm³/mol. The van der Waals surface area contributed by atoms with Crippen LogP contribution in [0, 0.1) is 5.92 Å². The molecule has 0 bridgehead atoms. The highest BCUT2D eigenvalue weighted by Gasteiger charge is 2.26. The van der Waals surface area contributed by atoms with E-state index in [0.717, 1.165) is 36.6 Å². The van der Waals surface area contributed by atoms with Gasteiger partial charge in [-0.25, -0.2) is 4.98 Å². The summed E-state index contributed by atoms with van der Waals surface area (Å²) >= 11 is 0. The number of rotatable bonds is 3. The van der Waals surface area contributed by atoms with Gasteiger partial charge in [0.25, 0.3) is 0 Å². The van der Waals surface area contributed by atoms with Gasteiger partial charge in [-0.05, 0) is 24.0 Å². The minimum Gasteiger partial charge on any atom is -0.320 e. The third kappa shape index (κ3) is 3.72. The molecule has 0 saturated heterocycles. The first-order valence-corrected chi connectivity index (χ1v) is 9.42. The molecule has 1 unspecified atom stereocenters. The predicted octanol–water partition coefficient (Wildman–Crippen LogP) is 1.87. The Morgan fingerprint density at radius 3 is 2.71 bits per heavy atom. The van der Waals surface area contributed by atoms with Crippen molar-refractivity contribution in [3.63, 3.8) is 0 Å². The Kier molecular flexibility index (Phi) is 4.46. The van der Waals surface area contributed by atoms with E-state index in [0.29, 0.717) is 6.04 Å². The van der Waals surface area contributed by atoms with Gasteiger partial charge in [0, 0.05) is 24.7 Å². The topological polar surface area (TPSA) is 82.5 Å². The summed E-state index contributed by atoms with van der Waals surface area (Å²) < 4.78 is 11.3. The molecule has 3 rings (SSSR count). The summed E-state index contributed by atoms with van der Waals surface area (Å²) in [4.78, 5) is 22.7. The first kappa shape index (κ1) is 15.2. The highest BCUT2D eigenvalue weighted by atomic mass is 31.2. The summed E-state index contributed by atoms with van der Waals surface area (Å²) in [5, 5.41) is 3.55. The Balaban J connectivity index is 1.70. The molecule has 1 aliphatic heterocycles. The van der Waals surface area contributed by atoms with E-state index in [1.165, 1.54) is 38.2 Å². The fraction of sp³-hybridized carbons (Fsp3) is 0.667. The number of hydrogen-bond acceptors (Lipinski definition) is 3. The third-order valence-corrected chi connectivity index (χ3v) is 5.56. The number of hydrogen-bond donors (Lipinski definition) is 3. The second kappa shape index (κ2) is 6.17. The molecule has 3 N–H and O–H groups in total. The van der Waals surface area contributed by atoms with Crippen molar-refractivity contribution in [2.75, 3.05) is 0 Å². The molecule has 6 heteroatoms. The maximum atomic E-state index is 11.3. The van der Waals surface area contributed by atoms with Gasteiger partial charge in [-0.15, -0.1) is 0 Å². The van der Waals surface area contributed by atoms with Gasteiger partial charge in [0.2, 0.25) is 0 Å². The van der Waals surface area contributed by atoms with Gasteiger partial charge in [0.1, 0.15) is 0 Å². The molecule has 2 heterocycles. The Morgan fingerprint density at radius 2 is 2.00 bits per heavy atom. The van der Waals surface area contributed by atoms with E-state index in [2.05, 4.69) is 10.3 Å². The van der Waals surface area contributed by atoms with E-state index in [4.69, 9.17) is 0 Å². The average molecular weight is 310 g/mol.